The molecule has 1 aliphatic rings. The van der Waals surface area contributed by atoms with Crippen LogP contribution in [0.15, 0.2) is 37.1 Å². The Labute approximate surface area is 146 Å². The van der Waals surface area contributed by atoms with Gasteiger partial charge in [-0.15, -0.1) is 0 Å². The molecule has 2 N–H and O–H groups in total. The number of pyridine rings is 1. The molecule has 2 aromatic rings. The average Bonchev–Trinajstić information content (AvgIpc) is 3.14. The minimum absolute atomic E-state index is 0.0576. The molecule has 1 aliphatic heterocycles. The van der Waals surface area contributed by atoms with Crippen molar-refractivity contribution in [3.8, 4) is 5.82 Å². The molecule has 1 fully saturated rings. The van der Waals surface area contributed by atoms with Gasteiger partial charge in [-0.05, 0) is 17.5 Å². The normalized spacial score (nSPS) is 17.5. The first kappa shape index (κ1) is 16.9. The summed E-state index contributed by atoms with van der Waals surface area (Å²) in [5, 5.41) is 5.69. The highest BCUT2D eigenvalue weighted by molar-refractivity contribution is 5.88. The van der Waals surface area contributed by atoms with Crippen LogP contribution in [0.1, 0.15) is 19.4 Å². The predicted octanol–water partition coefficient (Wildman–Crippen LogP) is 0.933. The van der Waals surface area contributed by atoms with E-state index in [0.29, 0.717) is 19.6 Å². The summed E-state index contributed by atoms with van der Waals surface area (Å²) < 4.78 is 1.81. The molecule has 2 aromatic heterocycles. The van der Waals surface area contributed by atoms with Gasteiger partial charge in [0.15, 0.2) is 0 Å². The fourth-order valence-corrected chi connectivity index (χ4v) is 2.92. The van der Waals surface area contributed by atoms with E-state index in [1.807, 2.05) is 36.7 Å². The second-order valence-electron chi connectivity index (χ2n) is 6.33. The van der Waals surface area contributed by atoms with E-state index in [-0.39, 0.29) is 17.9 Å². The largest absolute Gasteiger partial charge is 0.353 e. The average molecular weight is 342 g/mol. The number of piperazine rings is 1. The van der Waals surface area contributed by atoms with Gasteiger partial charge in [-0.3, -0.25) is 9.36 Å². The van der Waals surface area contributed by atoms with Crippen molar-refractivity contribution in [3.05, 3.63) is 42.6 Å². The van der Waals surface area contributed by atoms with E-state index in [1.165, 1.54) is 0 Å². The molecule has 0 bridgehead atoms. The molecule has 3 amide bonds. The molecule has 1 atom stereocenters. The van der Waals surface area contributed by atoms with Crippen LogP contribution in [0.3, 0.4) is 0 Å². The molecule has 8 nitrogen and oxygen atoms in total. The van der Waals surface area contributed by atoms with Gasteiger partial charge in [0, 0.05) is 38.2 Å². The number of amides is 3. The summed E-state index contributed by atoms with van der Waals surface area (Å²) in [6.07, 6.45) is 6.91. The minimum Gasteiger partial charge on any atom is -0.353 e. The van der Waals surface area contributed by atoms with E-state index in [1.54, 1.807) is 23.6 Å². The molecule has 0 saturated carbocycles. The number of hydrogen-bond donors (Lipinski definition) is 2. The molecule has 1 unspecified atom stereocenters. The zero-order valence-electron chi connectivity index (χ0n) is 14.3. The molecule has 0 spiro atoms. The molecule has 25 heavy (non-hydrogen) atoms. The Bertz CT molecular complexity index is 726. The maximum atomic E-state index is 12.5. The molecule has 3 rings (SSSR count). The van der Waals surface area contributed by atoms with Gasteiger partial charge in [0.05, 0.1) is 0 Å². The van der Waals surface area contributed by atoms with E-state index < -0.39 is 6.04 Å². The highest BCUT2D eigenvalue weighted by Crippen LogP contribution is 2.14. The molecule has 3 heterocycles. The summed E-state index contributed by atoms with van der Waals surface area (Å²) in [5.41, 5.74) is 0.889. The Morgan fingerprint density at radius 1 is 1.44 bits per heavy atom. The quantitative estimate of drug-likeness (QED) is 0.865. The van der Waals surface area contributed by atoms with E-state index in [0.717, 1.165) is 11.4 Å². The van der Waals surface area contributed by atoms with Crippen LogP contribution in [0, 0.1) is 5.92 Å². The van der Waals surface area contributed by atoms with Crippen LogP contribution < -0.4 is 10.6 Å². The second kappa shape index (κ2) is 7.33. The van der Waals surface area contributed by atoms with Gasteiger partial charge in [-0.25, -0.2) is 14.8 Å². The van der Waals surface area contributed by atoms with Gasteiger partial charge in [-0.2, -0.15) is 0 Å². The highest BCUT2D eigenvalue weighted by Gasteiger charge is 2.35. The first-order chi connectivity index (χ1) is 12.1. The Morgan fingerprint density at radius 2 is 2.28 bits per heavy atom. The van der Waals surface area contributed by atoms with Crippen molar-refractivity contribution >= 4 is 11.9 Å². The summed E-state index contributed by atoms with van der Waals surface area (Å²) in [7, 11) is 0. The van der Waals surface area contributed by atoms with Crippen molar-refractivity contribution in [3.63, 3.8) is 0 Å². The number of imidazole rings is 1. The summed E-state index contributed by atoms with van der Waals surface area (Å²) in [4.78, 5) is 34.5. The van der Waals surface area contributed by atoms with Gasteiger partial charge in [-0.1, -0.05) is 19.9 Å². The number of rotatable bonds is 4. The molecule has 8 heteroatoms. The maximum Gasteiger partial charge on any atom is 0.318 e. The fraction of sp³-hybridized carbons (Fsp3) is 0.412. The van der Waals surface area contributed by atoms with Gasteiger partial charge < -0.3 is 15.5 Å². The van der Waals surface area contributed by atoms with Crippen LogP contribution in [0.5, 0.6) is 0 Å². The first-order valence-corrected chi connectivity index (χ1v) is 8.31. The first-order valence-electron chi connectivity index (χ1n) is 8.31. The summed E-state index contributed by atoms with van der Waals surface area (Å²) in [5.74, 6) is 0.727. The third-order valence-electron chi connectivity index (χ3n) is 4.17. The standard InChI is InChI=1S/C17H22N6O2/c1-12(2)15-16(24)19-6-8-23(15)17(25)21-10-13-3-4-14(20-9-13)22-7-5-18-11-22/h3-5,7,9,11-12,15H,6,8,10H2,1-2H3,(H,19,24)(H,21,25). The van der Waals surface area contributed by atoms with Crippen molar-refractivity contribution in [2.24, 2.45) is 5.92 Å². The lowest BCUT2D eigenvalue weighted by molar-refractivity contribution is -0.129. The number of urea groups is 1. The lowest BCUT2D eigenvalue weighted by Gasteiger charge is -2.37. The van der Waals surface area contributed by atoms with Crippen LogP contribution in [-0.2, 0) is 11.3 Å². The molecule has 0 aromatic carbocycles. The lowest BCUT2D eigenvalue weighted by atomic mass is 10.00. The Hall–Kier alpha value is -2.90. The van der Waals surface area contributed by atoms with Crippen LogP contribution in [0.2, 0.25) is 0 Å². The summed E-state index contributed by atoms with van der Waals surface area (Å²) >= 11 is 0. The van der Waals surface area contributed by atoms with E-state index in [2.05, 4.69) is 20.6 Å². The van der Waals surface area contributed by atoms with Gasteiger partial charge in [0.2, 0.25) is 5.91 Å². The van der Waals surface area contributed by atoms with Crippen molar-refractivity contribution < 1.29 is 9.59 Å². The zero-order chi connectivity index (χ0) is 17.8. The van der Waals surface area contributed by atoms with Gasteiger partial charge in [0.1, 0.15) is 18.2 Å². The number of hydrogen-bond acceptors (Lipinski definition) is 4. The molecule has 1 saturated heterocycles. The van der Waals surface area contributed by atoms with Crippen molar-refractivity contribution in [2.75, 3.05) is 13.1 Å². The molecule has 0 radical (unpaired) electrons. The lowest BCUT2D eigenvalue weighted by Crippen LogP contribution is -2.61. The van der Waals surface area contributed by atoms with Crippen molar-refractivity contribution in [2.45, 2.75) is 26.4 Å². The Kier molecular flexibility index (Phi) is 4.97. The smallest absolute Gasteiger partial charge is 0.318 e. The molecule has 132 valence electrons. The van der Waals surface area contributed by atoms with Crippen molar-refractivity contribution in [1.29, 1.82) is 0 Å². The zero-order valence-corrected chi connectivity index (χ0v) is 14.3. The Morgan fingerprint density at radius 3 is 2.92 bits per heavy atom. The van der Waals surface area contributed by atoms with E-state index >= 15 is 0 Å². The van der Waals surface area contributed by atoms with Gasteiger partial charge >= 0.3 is 6.03 Å². The Balaban J connectivity index is 1.60. The van der Waals surface area contributed by atoms with Crippen molar-refractivity contribution in [1.82, 2.24) is 30.1 Å². The SMILES string of the molecule is CC(C)C1C(=O)NCCN1C(=O)NCc1ccc(-n2ccnc2)nc1. The van der Waals surface area contributed by atoms with E-state index in [9.17, 15) is 9.59 Å². The highest BCUT2D eigenvalue weighted by atomic mass is 16.2. The topological polar surface area (TPSA) is 92.2 Å². The monoisotopic (exact) mass is 342 g/mol. The molecular formula is C17H22N6O2. The second-order valence-corrected chi connectivity index (χ2v) is 6.33. The minimum atomic E-state index is -0.435. The van der Waals surface area contributed by atoms with Crippen LogP contribution in [0.4, 0.5) is 4.79 Å². The number of carbonyl (C=O) groups excluding carboxylic acids is 2. The van der Waals surface area contributed by atoms with Crippen LogP contribution >= 0.6 is 0 Å². The number of aromatic nitrogens is 3. The fourth-order valence-electron chi connectivity index (χ4n) is 2.92. The summed E-state index contributed by atoms with van der Waals surface area (Å²) in [6, 6.07) is 3.11. The molecule has 0 aliphatic carbocycles. The summed E-state index contributed by atoms with van der Waals surface area (Å²) in [6.45, 7) is 5.23. The number of carbonyl (C=O) groups is 2. The van der Waals surface area contributed by atoms with E-state index in [4.69, 9.17) is 0 Å². The number of nitrogens with zero attached hydrogens (tertiary/aromatic N) is 4. The third-order valence-corrected chi connectivity index (χ3v) is 4.17. The number of nitrogens with one attached hydrogen (secondary N) is 2. The maximum absolute atomic E-state index is 12.5. The van der Waals surface area contributed by atoms with Gasteiger partial charge in [0.25, 0.3) is 0 Å². The van der Waals surface area contributed by atoms with Crippen LogP contribution in [-0.4, -0.2) is 50.5 Å². The third kappa shape index (κ3) is 3.78. The predicted molar refractivity (Wildman–Crippen MR) is 91.9 cm³/mol. The molecular weight excluding hydrogens is 320 g/mol. The van der Waals surface area contributed by atoms with Crippen LogP contribution in [0.25, 0.3) is 5.82 Å².